The number of nitrogens with one attached hydrogen (secondary N) is 1. The number of carbonyl (C=O) groups excluding carboxylic acids is 1. The van der Waals surface area contributed by atoms with Crippen LogP contribution in [0, 0.1) is 0 Å². The van der Waals surface area contributed by atoms with E-state index in [1.54, 1.807) is 0 Å². The van der Waals surface area contributed by atoms with Crippen molar-refractivity contribution in [1.82, 2.24) is 10.2 Å². The highest BCUT2D eigenvalue weighted by Gasteiger charge is 2.37. The molecule has 2 rings (SSSR count). The van der Waals surface area contributed by atoms with Crippen LogP contribution < -0.4 is 5.32 Å². The van der Waals surface area contributed by atoms with Crippen LogP contribution in [0.3, 0.4) is 0 Å². The maximum absolute atomic E-state index is 12.4. The fraction of sp³-hybridized carbons (Fsp3) is 0.941. The number of nitrogens with zero attached hydrogens (tertiary/aromatic N) is 1. The summed E-state index contributed by atoms with van der Waals surface area (Å²) in [4.78, 5) is 14.3. The molecule has 0 aromatic carbocycles. The molecule has 21 heavy (non-hydrogen) atoms. The number of likely N-dealkylation sites (tertiary alicyclic amines) is 1. The molecule has 0 spiro atoms. The van der Waals surface area contributed by atoms with Gasteiger partial charge in [-0.15, -0.1) is 0 Å². The highest BCUT2D eigenvalue weighted by atomic mass is 16.6. The summed E-state index contributed by atoms with van der Waals surface area (Å²) in [7, 11) is 0. The zero-order valence-corrected chi connectivity index (χ0v) is 14.2. The Morgan fingerprint density at radius 2 is 2.00 bits per heavy atom. The first-order chi connectivity index (χ1) is 9.85. The van der Waals surface area contributed by atoms with Crippen molar-refractivity contribution in [3.63, 3.8) is 0 Å². The fourth-order valence-electron chi connectivity index (χ4n) is 3.37. The largest absolute Gasteiger partial charge is 0.444 e. The number of amides is 1. The fourth-order valence-corrected chi connectivity index (χ4v) is 3.37. The van der Waals surface area contributed by atoms with Gasteiger partial charge in [0.15, 0.2) is 0 Å². The lowest BCUT2D eigenvalue weighted by molar-refractivity contribution is 0.00788. The summed E-state index contributed by atoms with van der Waals surface area (Å²) in [5.74, 6) is 0. The van der Waals surface area contributed by atoms with E-state index >= 15 is 0 Å². The molecular formula is C17H32N2O2. The molecule has 1 atom stereocenters. The van der Waals surface area contributed by atoms with Crippen LogP contribution in [0.2, 0.25) is 0 Å². The zero-order chi connectivity index (χ0) is 15.5. The molecule has 0 aromatic heterocycles. The smallest absolute Gasteiger partial charge is 0.410 e. The van der Waals surface area contributed by atoms with E-state index in [0.717, 1.165) is 25.9 Å². The van der Waals surface area contributed by atoms with Crippen LogP contribution in [-0.2, 0) is 4.74 Å². The summed E-state index contributed by atoms with van der Waals surface area (Å²) >= 11 is 0. The molecule has 0 radical (unpaired) electrons. The van der Waals surface area contributed by atoms with E-state index < -0.39 is 5.60 Å². The molecule has 2 aliphatic rings. The van der Waals surface area contributed by atoms with Gasteiger partial charge in [-0.2, -0.15) is 0 Å². The van der Waals surface area contributed by atoms with E-state index in [2.05, 4.69) is 12.2 Å². The number of ether oxygens (including phenoxy) is 1. The van der Waals surface area contributed by atoms with E-state index in [1.807, 2.05) is 25.7 Å². The summed E-state index contributed by atoms with van der Waals surface area (Å²) in [6.45, 7) is 9.81. The number of rotatable bonds is 4. The molecule has 1 aliphatic heterocycles. The topological polar surface area (TPSA) is 41.6 Å². The minimum Gasteiger partial charge on any atom is -0.444 e. The second-order valence-electron chi connectivity index (χ2n) is 7.69. The second-order valence-corrected chi connectivity index (χ2v) is 7.69. The van der Waals surface area contributed by atoms with E-state index in [1.165, 1.54) is 32.1 Å². The lowest BCUT2D eigenvalue weighted by Gasteiger charge is -2.45. The number of hydrogen-bond acceptors (Lipinski definition) is 3. The van der Waals surface area contributed by atoms with Gasteiger partial charge in [0.25, 0.3) is 0 Å². The molecule has 4 nitrogen and oxygen atoms in total. The number of piperidine rings is 1. The second kappa shape index (κ2) is 6.55. The molecule has 4 heteroatoms. The number of hydrogen-bond donors (Lipinski definition) is 1. The molecule has 1 saturated carbocycles. The molecule has 122 valence electrons. The number of carbonyl (C=O) groups is 1. The van der Waals surface area contributed by atoms with Crippen LogP contribution in [0.1, 0.15) is 72.6 Å². The summed E-state index contributed by atoms with van der Waals surface area (Å²) in [5.41, 5.74) is -0.0673. The summed E-state index contributed by atoms with van der Waals surface area (Å²) in [6.07, 6.45) is 8.33. The average molecular weight is 296 g/mol. The third-order valence-corrected chi connectivity index (χ3v) is 4.96. The van der Waals surface area contributed by atoms with Crippen molar-refractivity contribution in [2.75, 3.05) is 13.1 Å². The van der Waals surface area contributed by atoms with Crippen molar-refractivity contribution in [2.24, 2.45) is 0 Å². The molecule has 1 N–H and O–H groups in total. The summed E-state index contributed by atoms with van der Waals surface area (Å²) < 4.78 is 5.57. The Bertz CT molecular complexity index is 353. The van der Waals surface area contributed by atoms with Crippen LogP contribution in [-0.4, -0.2) is 41.3 Å². The Balaban J connectivity index is 1.90. The van der Waals surface area contributed by atoms with Crippen LogP contribution in [0.25, 0.3) is 0 Å². The van der Waals surface area contributed by atoms with Crippen LogP contribution in [0.15, 0.2) is 0 Å². The van der Waals surface area contributed by atoms with Crippen molar-refractivity contribution in [3.05, 3.63) is 0 Å². The molecule has 1 aliphatic carbocycles. The minimum atomic E-state index is -0.412. The summed E-state index contributed by atoms with van der Waals surface area (Å²) in [5, 5.41) is 3.75. The standard InChI is InChI=1S/C17H32N2O2/c1-5-17(10-8-11-17)18-13-14-9-6-7-12-19(14)15(20)21-16(2,3)4/h14,18H,5-13H2,1-4H3. The van der Waals surface area contributed by atoms with Gasteiger partial charge in [0.1, 0.15) is 5.60 Å². The van der Waals surface area contributed by atoms with Gasteiger partial charge < -0.3 is 15.0 Å². The quantitative estimate of drug-likeness (QED) is 0.860. The van der Waals surface area contributed by atoms with Gasteiger partial charge in [0, 0.05) is 24.7 Å². The molecular weight excluding hydrogens is 264 g/mol. The van der Waals surface area contributed by atoms with E-state index in [-0.39, 0.29) is 12.1 Å². The molecule has 1 amide bonds. The first kappa shape index (κ1) is 16.6. The van der Waals surface area contributed by atoms with Crippen molar-refractivity contribution in [2.45, 2.75) is 89.8 Å². The van der Waals surface area contributed by atoms with Crippen molar-refractivity contribution in [3.8, 4) is 0 Å². The molecule has 2 fully saturated rings. The van der Waals surface area contributed by atoms with Gasteiger partial charge in [-0.1, -0.05) is 6.92 Å². The molecule has 1 saturated heterocycles. The highest BCUT2D eigenvalue weighted by molar-refractivity contribution is 5.68. The maximum Gasteiger partial charge on any atom is 0.410 e. The third-order valence-electron chi connectivity index (χ3n) is 4.96. The van der Waals surface area contributed by atoms with Crippen LogP contribution >= 0.6 is 0 Å². The van der Waals surface area contributed by atoms with E-state index in [0.29, 0.717) is 5.54 Å². The lowest BCUT2D eigenvalue weighted by Crippen LogP contribution is -2.57. The first-order valence-corrected chi connectivity index (χ1v) is 8.60. The monoisotopic (exact) mass is 296 g/mol. The average Bonchev–Trinajstić information content (AvgIpc) is 2.36. The predicted octanol–water partition coefficient (Wildman–Crippen LogP) is 3.70. The first-order valence-electron chi connectivity index (χ1n) is 8.60. The van der Waals surface area contributed by atoms with Gasteiger partial charge in [0.05, 0.1) is 0 Å². The van der Waals surface area contributed by atoms with Gasteiger partial charge in [-0.25, -0.2) is 4.79 Å². The van der Waals surface area contributed by atoms with Crippen molar-refractivity contribution < 1.29 is 9.53 Å². The van der Waals surface area contributed by atoms with E-state index in [4.69, 9.17) is 4.74 Å². The van der Waals surface area contributed by atoms with Gasteiger partial charge in [-0.05, 0) is 65.7 Å². The predicted molar refractivity (Wildman–Crippen MR) is 85.5 cm³/mol. The Morgan fingerprint density at radius 1 is 1.29 bits per heavy atom. The van der Waals surface area contributed by atoms with Gasteiger partial charge in [-0.3, -0.25) is 0 Å². The zero-order valence-electron chi connectivity index (χ0n) is 14.2. The SMILES string of the molecule is CCC1(NCC2CCCCN2C(=O)OC(C)(C)C)CCC1. The van der Waals surface area contributed by atoms with Crippen molar-refractivity contribution >= 4 is 6.09 Å². The Labute approximate surface area is 129 Å². The Kier molecular flexibility index (Phi) is 5.18. The third kappa shape index (κ3) is 4.35. The molecule has 0 bridgehead atoms. The van der Waals surface area contributed by atoms with Gasteiger partial charge in [0.2, 0.25) is 0 Å². The Morgan fingerprint density at radius 3 is 2.52 bits per heavy atom. The minimum absolute atomic E-state index is 0.145. The Hall–Kier alpha value is -0.770. The lowest BCUT2D eigenvalue weighted by atomic mass is 9.74. The summed E-state index contributed by atoms with van der Waals surface area (Å²) in [6, 6.07) is 0.289. The normalized spacial score (nSPS) is 25.3. The highest BCUT2D eigenvalue weighted by Crippen LogP contribution is 2.35. The molecule has 0 aromatic rings. The molecule has 1 unspecified atom stereocenters. The molecule has 1 heterocycles. The maximum atomic E-state index is 12.4. The van der Waals surface area contributed by atoms with E-state index in [9.17, 15) is 4.79 Å². The van der Waals surface area contributed by atoms with Gasteiger partial charge >= 0.3 is 6.09 Å². The van der Waals surface area contributed by atoms with Crippen LogP contribution in [0.5, 0.6) is 0 Å². The van der Waals surface area contributed by atoms with Crippen LogP contribution in [0.4, 0.5) is 4.79 Å². The van der Waals surface area contributed by atoms with Crippen molar-refractivity contribution in [1.29, 1.82) is 0 Å².